The van der Waals surface area contributed by atoms with E-state index in [-0.39, 0.29) is 11.5 Å². The average Bonchev–Trinajstić information content (AvgIpc) is 2.70. The highest BCUT2D eigenvalue weighted by Gasteiger charge is 2.22. The van der Waals surface area contributed by atoms with E-state index in [1.807, 2.05) is 0 Å². The van der Waals surface area contributed by atoms with Crippen LogP contribution >= 0.6 is 11.3 Å². The van der Waals surface area contributed by atoms with E-state index in [1.165, 1.54) is 4.88 Å². The molecular weight excluding hydrogens is 218 g/mol. The first kappa shape index (κ1) is 13.7. The zero-order chi connectivity index (χ0) is 12.2. The van der Waals surface area contributed by atoms with Crippen molar-refractivity contribution in [2.45, 2.75) is 46.3 Å². The van der Waals surface area contributed by atoms with Crippen molar-refractivity contribution in [2.24, 2.45) is 5.41 Å². The summed E-state index contributed by atoms with van der Waals surface area (Å²) in [5, 5.41) is 15.5. The Bertz CT molecular complexity index is 289. The molecule has 2 atom stereocenters. The number of aliphatic hydroxyl groups excluding tert-OH is 1. The second-order valence-corrected chi connectivity index (χ2v) is 6.25. The molecule has 92 valence electrons. The molecule has 0 bridgehead atoms. The topological polar surface area (TPSA) is 32.3 Å². The van der Waals surface area contributed by atoms with Crippen LogP contribution in [0.5, 0.6) is 0 Å². The normalized spacial score (nSPS) is 16.1. The van der Waals surface area contributed by atoms with Gasteiger partial charge in [0.05, 0.1) is 6.10 Å². The lowest BCUT2D eigenvalue weighted by Gasteiger charge is -2.28. The average molecular weight is 241 g/mol. The molecule has 0 saturated heterocycles. The van der Waals surface area contributed by atoms with Crippen LogP contribution in [-0.4, -0.2) is 17.8 Å². The number of aliphatic hydroxyl groups is 1. The quantitative estimate of drug-likeness (QED) is 0.830. The smallest absolute Gasteiger partial charge is 0.0712 e. The Labute approximate surface area is 103 Å². The molecular formula is C13H23NOS. The molecule has 0 fully saturated rings. The zero-order valence-corrected chi connectivity index (χ0v) is 11.5. The van der Waals surface area contributed by atoms with E-state index in [1.54, 1.807) is 11.3 Å². The molecule has 16 heavy (non-hydrogen) atoms. The van der Waals surface area contributed by atoms with Crippen molar-refractivity contribution in [1.82, 2.24) is 5.32 Å². The van der Waals surface area contributed by atoms with Crippen LogP contribution in [0.2, 0.25) is 0 Å². The fourth-order valence-electron chi connectivity index (χ4n) is 1.50. The van der Waals surface area contributed by atoms with Gasteiger partial charge in [0.2, 0.25) is 0 Å². The predicted molar refractivity (Wildman–Crippen MR) is 70.8 cm³/mol. The van der Waals surface area contributed by atoms with Crippen molar-refractivity contribution >= 4 is 11.3 Å². The molecule has 2 unspecified atom stereocenters. The minimum absolute atomic E-state index is 0.0548. The van der Waals surface area contributed by atoms with E-state index in [0.29, 0.717) is 12.6 Å². The molecule has 1 aromatic heterocycles. The Morgan fingerprint density at radius 3 is 2.56 bits per heavy atom. The van der Waals surface area contributed by atoms with Crippen molar-refractivity contribution in [3.8, 4) is 0 Å². The molecule has 0 amide bonds. The Kier molecular flexibility index (Phi) is 4.96. The van der Waals surface area contributed by atoms with Crippen LogP contribution in [0.15, 0.2) is 17.5 Å². The minimum atomic E-state index is -0.304. The summed E-state index contributed by atoms with van der Waals surface area (Å²) in [6.07, 6.45) is 0.749. The largest absolute Gasteiger partial charge is 0.391 e. The molecule has 0 aliphatic rings. The van der Waals surface area contributed by atoms with Crippen LogP contribution in [0.4, 0.5) is 0 Å². The van der Waals surface area contributed by atoms with E-state index < -0.39 is 0 Å². The van der Waals surface area contributed by atoms with Crippen molar-refractivity contribution < 1.29 is 5.11 Å². The summed E-state index contributed by atoms with van der Waals surface area (Å²) in [7, 11) is 0. The van der Waals surface area contributed by atoms with Crippen molar-refractivity contribution in [3.05, 3.63) is 22.4 Å². The first-order valence-electron chi connectivity index (χ1n) is 5.90. The Balaban J connectivity index is 2.47. The van der Waals surface area contributed by atoms with Gasteiger partial charge in [-0.05, 0) is 23.3 Å². The standard InChI is InChI=1S/C13H23NOS/c1-5-10(11-7-6-8-16-11)14-9-12(15)13(2,3)4/h6-8,10,12,14-15H,5,9H2,1-4H3. The van der Waals surface area contributed by atoms with Crippen LogP contribution in [0, 0.1) is 5.41 Å². The van der Waals surface area contributed by atoms with E-state index in [9.17, 15) is 5.11 Å². The highest BCUT2D eigenvalue weighted by molar-refractivity contribution is 7.10. The molecule has 3 heteroatoms. The van der Waals surface area contributed by atoms with Crippen LogP contribution in [-0.2, 0) is 0 Å². The highest BCUT2D eigenvalue weighted by atomic mass is 32.1. The fourth-order valence-corrected chi connectivity index (χ4v) is 2.38. The van der Waals surface area contributed by atoms with Gasteiger partial charge in [-0.25, -0.2) is 0 Å². The molecule has 1 rings (SSSR count). The van der Waals surface area contributed by atoms with Gasteiger partial charge in [-0.15, -0.1) is 11.3 Å². The first-order valence-corrected chi connectivity index (χ1v) is 6.78. The summed E-state index contributed by atoms with van der Waals surface area (Å²) < 4.78 is 0. The summed E-state index contributed by atoms with van der Waals surface area (Å²) in [5.74, 6) is 0. The van der Waals surface area contributed by atoms with Gasteiger partial charge in [0.15, 0.2) is 0 Å². The lowest BCUT2D eigenvalue weighted by atomic mass is 9.89. The Morgan fingerprint density at radius 1 is 1.44 bits per heavy atom. The minimum Gasteiger partial charge on any atom is -0.391 e. The van der Waals surface area contributed by atoms with Gasteiger partial charge in [0.25, 0.3) is 0 Å². The summed E-state index contributed by atoms with van der Waals surface area (Å²) in [4.78, 5) is 1.35. The molecule has 0 radical (unpaired) electrons. The van der Waals surface area contributed by atoms with Gasteiger partial charge in [-0.2, -0.15) is 0 Å². The van der Waals surface area contributed by atoms with Gasteiger partial charge in [-0.1, -0.05) is 33.8 Å². The van der Waals surface area contributed by atoms with Crippen LogP contribution < -0.4 is 5.32 Å². The van der Waals surface area contributed by atoms with Crippen LogP contribution in [0.25, 0.3) is 0 Å². The summed E-state index contributed by atoms with van der Waals surface area (Å²) in [6.45, 7) is 9.00. The molecule has 1 heterocycles. The van der Waals surface area contributed by atoms with Crippen molar-refractivity contribution in [3.63, 3.8) is 0 Å². The molecule has 0 saturated carbocycles. The van der Waals surface area contributed by atoms with E-state index >= 15 is 0 Å². The molecule has 0 aromatic carbocycles. The number of thiophene rings is 1. The van der Waals surface area contributed by atoms with E-state index in [2.05, 4.69) is 50.5 Å². The summed E-state index contributed by atoms with van der Waals surface area (Å²) in [6, 6.07) is 4.59. The summed E-state index contributed by atoms with van der Waals surface area (Å²) in [5.41, 5.74) is -0.0548. The highest BCUT2D eigenvalue weighted by Crippen LogP contribution is 2.23. The molecule has 1 aromatic rings. The molecule has 0 spiro atoms. The third-order valence-electron chi connectivity index (χ3n) is 2.85. The van der Waals surface area contributed by atoms with Gasteiger partial charge in [0, 0.05) is 17.5 Å². The molecule has 2 N–H and O–H groups in total. The Morgan fingerprint density at radius 2 is 2.12 bits per heavy atom. The monoisotopic (exact) mass is 241 g/mol. The second-order valence-electron chi connectivity index (χ2n) is 5.27. The van der Waals surface area contributed by atoms with Crippen LogP contribution in [0.1, 0.15) is 45.0 Å². The van der Waals surface area contributed by atoms with Gasteiger partial charge < -0.3 is 10.4 Å². The van der Waals surface area contributed by atoms with Gasteiger partial charge >= 0.3 is 0 Å². The number of rotatable bonds is 5. The maximum atomic E-state index is 9.97. The van der Waals surface area contributed by atoms with Gasteiger partial charge in [0.1, 0.15) is 0 Å². The van der Waals surface area contributed by atoms with Crippen molar-refractivity contribution in [1.29, 1.82) is 0 Å². The summed E-state index contributed by atoms with van der Waals surface area (Å²) >= 11 is 1.77. The van der Waals surface area contributed by atoms with Gasteiger partial charge in [-0.3, -0.25) is 0 Å². The predicted octanol–water partition coefficient (Wildman–Crippen LogP) is 3.20. The Hall–Kier alpha value is -0.380. The third kappa shape index (κ3) is 3.89. The molecule has 0 aliphatic heterocycles. The lowest BCUT2D eigenvalue weighted by Crippen LogP contribution is -2.37. The molecule has 0 aliphatic carbocycles. The first-order chi connectivity index (χ1) is 7.45. The SMILES string of the molecule is CCC(NCC(O)C(C)(C)C)c1cccs1. The number of nitrogens with one attached hydrogen (secondary N) is 1. The fraction of sp³-hybridized carbons (Fsp3) is 0.692. The zero-order valence-electron chi connectivity index (χ0n) is 10.7. The van der Waals surface area contributed by atoms with Crippen LogP contribution in [0.3, 0.4) is 0 Å². The van der Waals surface area contributed by atoms with E-state index in [0.717, 1.165) is 6.42 Å². The van der Waals surface area contributed by atoms with E-state index in [4.69, 9.17) is 0 Å². The lowest BCUT2D eigenvalue weighted by molar-refractivity contribution is 0.0604. The maximum Gasteiger partial charge on any atom is 0.0712 e. The second kappa shape index (κ2) is 5.80. The van der Waals surface area contributed by atoms with Crippen molar-refractivity contribution in [2.75, 3.05) is 6.54 Å². The maximum absolute atomic E-state index is 9.97. The molecule has 2 nitrogen and oxygen atoms in total. The third-order valence-corrected chi connectivity index (χ3v) is 3.84. The number of hydrogen-bond acceptors (Lipinski definition) is 3. The number of hydrogen-bond donors (Lipinski definition) is 2.